The molecule has 0 radical (unpaired) electrons. The summed E-state index contributed by atoms with van der Waals surface area (Å²) >= 11 is 0. The molecule has 0 aliphatic carbocycles. The lowest BCUT2D eigenvalue weighted by atomic mass is 9.73. The Hall–Kier alpha value is -2.12. The summed E-state index contributed by atoms with van der Waals surface area (Å²) in [5.74, 6) is 2.06. The van der Waals surface area contributed by atoms with Crippen molar-refractivity contribution in [3.63, 3.8) is 0 Å². The van der Waals surface area contributed by atoms with Crippen molar-refractivity contribution >= 4 is 0 Å². The van der Waals surface area contributed by atoms with E-state index in [2.05, 4.69) is 107 Å². The third-order valence-corrected chi connectivity index (χ3v) is 12.4. The predicted molar refractivity (Wildman–Crippen MR) is 206 cm³/mol. The third-order valence-electron chi connectivity index (χ3n) is 12.4. The summed E-state index contributed by atoms with van der Waals surface area (Å²) in [7, 11) is 3.51. The van der Waals surface area contributed by atoms with Crippen LogP contribution in [0, 0.1) is 0 Å². The van der Waals surface area contributed by atoms with E-state index in [4.69, 9.17) is 28.4 Å². The Kier molecular flexibility index (Phi) is 13.2. The van der Waals surface area contributed by atoms with Gasteiger partial charge in [-0.1, -0.05) is 107 Å². The molecule has 0 aromatic heterocycles. The first-order valence-electron chi connectivity index (χ1n) is 19.4. The molecule has 50 heavy (non-hydrogen) atoms. The molecule has 282 valence electrons. The second-order valence-electron chi connectivity index (χ2n) is 17.4. The highest BCUT2D eigenvalue weighted by Crippen LogP contribution is 2.46. The van der Waals surface area contributed by atoms with Gasteiger partial charge in [0.15, 0.2) is 0 Å². The van der Waals surface area contributed by atoms with E-state index in [0.717, 1.165) is 63.2 Å². The molecular formula is C44H70O6. The fourth-order valence-electron chi connectivity index (χ4n) is 6.56. The molecule has 4 rings (SSSR count). The molecule has 0 bridgehead atoms. The van der Waals surface area contributed by atoms with Gasteiger partial charge in [0.2, 0.25) is 0 Å². The summed E-state index contributed by atoms with van der Waals surface area (Å²) in [6, 6.07) is 9.72. The molecule has 2 saturated heterocycles. The third kappa shape index (κ3) is 9.45. The Bertz CT molecular complexity index is 1230. The van der Waals surface area contributed by atoms with Gasteiger partial charge in [0.25, 0.3) is 0 Å². The molecular weight excluding hydrogens is 624 g/mol. The highest BCUT2D eigenvalue weighted by atomic mass is 16.6. The standard InChI is InChI=1S/C44H70O6/c1-15-41(5,6)31-21-29(22-32(42(7,8)16-2)39(31)49-25-35(45-13)37-27-47-37)19-20-30-23-33(43(9,10)17-3)40(34(24-30)44(11,12)18-4)50-26-36(46-14)38-28-48-38/h21-24,35-38H,15-20,25-28H2,1-14H3. The van der Waals surface area contributed by atoms with Crippen LogP contribution in [0.25, 0.3) is 0 Å². The average molecular weight is 695 g/mol. The van der Waals surface area contributed by atoms with Crippen molar-refractivity contribution in [3.05, 3.63) is 57.6 Å². The highest BCUT2D eigenvalue weighted by Gasteiger charge is 2.37. The maximum absolute atomic E-state index is 6.79. The number of rotatable bonds is 21. The van der Waals surface area contributed by atoms with Gasteiger partial charge in [-0.3, -0.25) is 0 Å². The van der Waals surface area contributed by atoms with Gasteiger partial charge in [0, 0.05) is 36.5 Å². The number of aryl methyl sites for hydroxylation is 2. The predicted octanol–water partition coefficient (Wildman–Crippen LogP) is 9.81. The van der Waals surface area contributed by atoms with Crippen LogP contribution in [0.3, 0.4) is 0 Å². The molecule has 0 amide bonds. The second-order valence-corrected chi connectivity index (χ2v) is 17.4. The molecule has 0 spiro atoms. The Morgan fingerprint density at radius 3 is 1.00 bits per heavy atom. The van der Waals surface area contributed by atoms with Crippen LogP contribution in [-0.4, -0.2) is 65.1 Å². The van der Waals surface area contributed by atoms with Crippen molar-refractivity contribution in [2.45, 2.75) is 168 Å². The number of hydrogen-bond acceptors (Lipinski definition) is 6. The lowest BCUT2D eigenvalue weighted by molar-refractivity contribution is 0.0362. The topological polar surface area (TPSA) is 62.0 Å². The van der Waals surface area contributed by atoms with E-state index in [9.17, 15) is 0 Å². The summed E-state index contributed by atoms with van der Waals surface area (Å²) in [5, 5.41) is 0. The monoisotopic (exact) mass is 695 g/mol. The highest BCUT2D eigenvalue weighted by molar-refractivity contribution is 5.53. The van der Waals surface area contributed by atoms with Crippen molar-refractivity contribution in [3.8, 4) is 11.5 Å². The minimum absolute atomic E-state index is 0.0518. The van der Waals surface area contributed by atoms with Crippen molar-refractivity contribution in [1.82, 2.24) is 0 Å². The van der Waals surface area contributed by atoms with Crippen molar-refractivity contribution in [2.24, 2.45) is 0 Å². The zero-order chi connectivity index (χ0) is 37.1. The average Bonchev–Trinajstić information content (AvgIpc) is 4.03. The maximum atomic E-state index is 6.79. The van der Waals surface area contributed by atoms with Gasteiger partial charge in [-0.05, 0) is 71.3 Å². The van der Waals surface area contributed by atoms with Crippen molar-refractivity contribution < 1.29 is 28.4 Å². The minimum atomic E-state index is -0.0673. The lowest BCUT2D eigenvalue weighted by Crippen LogP contribution is -2.29. The van der Waals surface area contributed by atoms with Crippen molar-refractivity contribution in [2.75, 3.05) is 40.6 Å². The summed E-state index contributed by atoms with van der Waals surface area (Å²) < 4.78 is 36.3. The lowest BCUT2D eigenvalue weighted by Gasteiger charge is -2.34. The zero-order valence-electron chi connectivity index (χ0n) is 34.1. The normalized spacial score (nSPS) is 19.3. The van der Waals surface area contributed by atoms with Gasteiger partial charge >= 0.3 is 0 Å². The summed E-state index contributed by atoms with van der Waals surface area (Å²) in [4.78, 5) is 0. The molecule has 0 N–H and O–H groups in total. The van der Waals surface area contributed by atoms with Crippen LogP contribution in [0.4, 0.5) is 0 Å². The van der Waals surface area contributed by atoms with Gasteiger partial charge in [0.05, 0.1) is 13.2 Å². The molecule has 2 fully saturated rings. The summed E-state index contributed by atoms with van der Waals surface area (Å²) in [5.41, 5.74) is 7.67. The first kappa shape index (κ1) is 40.6. The molecule has 4 unspecified atom stereocenters. The Balaban J connectivity index is 1.77. The van der Waals surface area contributed by atoms with Crippen LogP contribution >= 0.6 is 0 Å². The number of hydrogen-bond donors (Lipinski definition) is 0. The minimum Gasteiger partial charge on any atom is -0.490 e. The van der Waals surface area contributed by atoms with Crippen LogP contribution in [-0.2, 0) is 53.4 Å². The van der Waals surface area contributed by atoms with Gasteiger partial charge in [0.1, 0.15) is 49.1 Å². The quantitative estimate of drug-likeness (QED) is 0.121. The van der Waals surface area contributed by atoms with Crippen LogP contribution in [0.5, 0.6) is 11.5 Å². The maximum Gasteiger partial charge on any atom is 0.126 e. The van der Waals surface area contributed by atoms with E-state index in [1.165, 1.54) is 33.4 Å². The molecule has 2 aliphatic rings. The van der Waals surface area contributed by atoms with Gasteiger partial charge in [-0.2, -0.15) is 0 Å². The molecule has 6 nitrogen and oxygen atoms in total. The molecule has 2 heterocycles. The van der Waals surface area contributed by atoms with Gasteiger partial charge in [-0.25, -0.2) is 0 Å². The van der Waals surface area contributed by atoms with E-state index in [1.807, 2.05) is 0 Å². The van der Waals surface area contributed by atoms with E-state index < -0.39 is 0 Å². The first-order chi connectivity index (χ1) is 23.5. The molecule has 0 saturated carbocycles. The van der Waals surface area contributed by atoms with E-state index >= 15 is 0 Å². The number of methoxy groups -OCH3 is 2. The number of benzene rings is 2. The SMILES string of the molecule is CCC(C)(C)c1cc(CCc2cc(C(C)(C)CC)c(OCC(OC)C3CO3)c(C(C)(C)CC)c2)cc(C(C)(C)CC)c1OCC(OC)C1CO1. The summed E-state index contributed by atoms with van der Waals surface area (Å²) in [6.45, 7) is 30.3. The molecule has 6 heteroatoms. The van der Waals surface area contributed by atoms with Crippen LogP contribution in [0.1, 0.15) is 142 Å². The number of ether oxygens (including phenoxy) is 6. The van der Waals surface area contributed by atoms with E-state index in [-0.39, 0.29) is 46.1 Å². The largest absolute Gasteiger partial charge is 0.490 e. The van der Waals surface area contributed by atoms with Crippen LogP contribution in [0.15, 0.2) is 24.3 Å². The Morgan fingerprint density at radius 1 is 0.540 bits per heavy atom. The Morgan fingerprint density at radius 2 is 0.800 bits per heavy atom. The fraction of sp³-hybridized carbons (Fsp3) is 0.727. The molecule has 2 aliphatic heterocycles. The molecule has 4 atom stereocenters. The Labute approximate surface area is 305 Å². The van der Waals surface area contributed by atoms with Crippen LogP contribution in [0.2, 0.25) is 0 Å². The smallest absolute Gasteiger partial charge is 0.126 e. The van der Waals surface area contributed by atoms with Gasteiger partial charge in [-0.15, -0.1) is 0 Å². The van der Waals surface area contributed by atoms with Crippen LogP contribution < -0.4 is 9.47 Å². The van der Waals surface area contributed by atoms with Crippen molar-refractivity contribution in [1.29, 1.82) is 0 Å². The zero-order valence-corrected chi connectivity index (χ0v) is 34.1. The first-order valence-corrected chi connectivity index (χ1v) is 19.4. The molecule has 2 aromatic rings. The fourth-order valence-corrected chi connectivity index (χ4v) is 6.56. The van der Waals surface area contributed by atoms with E-state index in [0.29, 0.717) is 13.2 Å². The second kappa shape index (κ2) is 16.3. The van der Waals surface area contributed by atoms with Gasteiger partial charge < -0.3 is 28.4 Å². The number of epoxide rings is 2. The van der Waals surface area contributed by atoms with E-state index in [1.54, 1.807) is 14.2 Å². The summed E-state index contributed by atoms with van der Waals surface area (Å²) in [6.07, 6.45) is 6.06. The molecule has 2 aromatic carbocycles.